The molecule has 0 aromatic heterocycles. The van der Waals surface area contributed by atoms with Crippen LogP contribution in [0.3, 0.4) is 0 Å². The van der Waals surface area contributed by atoms with Crippen molar-refractivity contribution in [2.45, 2.75) is 171 Å². The van der Waals surface area contributed by atoms with E-state index in [-0.39, 0.29) is 21.7 Å². The summed E-state index contributed by atoms with van der Waals surface area (Å²) >= 11 is 6.75. The molecule has 10 unspecified atom stereocenters. The van der Waals surface area contributed by atoms with E-state index < -0.39 is 11.4 Å². The van der Waals surface area contributed by atoms with Crippen LogP contribution in [0, 0.1) is 62.6 Å². The predicted molar refractivity (Wildman–Crippen MR) is 187 cm³/mol. The first kappa shape index (κ1) is 34.8. The van der Waals surface area contributed by atoms with Gasteiger partial charge in [-0.2, -0.15) is 0 Å². The van der Waals surface area contributed by atoms with Crippen molar-refractivity contribution >= 4 is 17.6 Å². The molecule has 0 amide bonds. The third-order valence-electron chi connectivity index (χ3n) is 15.8. The van der Waals surface area contributed by atoms with Gasteiger partial charge < -0.3 is 5.11 Å². The van der Waals surface area contributed by atoms with E-state index in [0.29, 0.717) is 23.6 Å². The molecule has 0 saturated heterocycles. The van der Waals surface area contributed by atoms with Crippen LogP contribution in [0.1, 0.15) is 171 Å². The third-order valence-corrected chi connectivity index (χ3v) is 16.1. The Bertz CT molecular complexity index is 1080. The van der Waals surface area contributed by atoms with Gasteiger partial charge >= 0.3 is 5.97 Å². The first-order chi connectivity index (χ1) is 20.9. The Kier molecular flexibility index (Phi) is 10.2. The number of rotatable bonds is 12. The molecule has 5 saturated carbocycles. The zero-order chi connectivity index (χ0) is 32.1. The molecular weight excluding hydrogens is 560 g/mol. The average molecular weight is 629 g/mol. The van der Waals surface area contributed by atoms with Crippen LogP contribution in [0.4, 0.5) is 0 Å². The van der Waals surface area contributed by atoms with E-state index in [4.69, 9.17) is 11.6 Å². The fourth-order valence-corrected chi connectivity index (χ4v) is 14.3. The zero-order valence-corrected chi connectivity index (χ0v) is 30.9. The van der Waals surface area contributed by atoms with Crippen LogP contribution in [0.15, 0.2) is 11.1 Å². The van der Waals surface area contributed by atoms with Crippen LogP contribution in [0.2, 0.25) is 0 Å². The van der Waals surface area contributed by atoms with E-state index in [1.54, 1.807) is 11.1 Å². The number of alkyl halides is 1. The number of allylic oxidation sites excluding steroid dienone is 2. The average Bonchev–Trinajstić information content (AvgIpc) is 3.91. The molecule has 44 heavy (non-hydrogen) atoms. The van der Waals surface area contributed by atoms with Crippen LogP contribution < -0.4 is 0 Å². The molecule has 10 atom stereocenters. The highest BCUT2D eigenvalue weighted by Crippen LogP contribution is 2.80. The number of fused-ring (bicyclic) bond motifs is 6. The Hall–Kier alpha value is -0.500. The summed E-state index contributed by atoms with van der Waals surface area (Å²) < 4.78 is 0. The molecule has 5 aliphatic carbocycles. The van der Waals surface area contributed by atoms with Crippen LogP contribution in [-0.2, 0) is 4.79 Å². The third kappa shape index (κ3) is 5.10. The standard InChI is InChI=1S/C41H69ClO2/c1-9-14-29(11-3)35-31(21-23-42)24-40(27-39(40,13-5)36(43)44)33-19-16-28(6)41(25-33,32(12-4)15-10-2)38(8)26-37(35,7)22-20-34(38)30-17-18-30/h28,30-34H,9-27H2,1-8H3,(H,43,44). The van der Waals surface area contributed by atoms with Gasteiger partial charge in [0.25, 0.3) is 0 Å². The highest BCUT2D eigenvalue weighted by atomic mass is 35.5. The summed E-state index contributed by atoms with van der Waals surface area (Å²) in [6.45, 7) is 20.1. The smallest absolute Gasteiger partial charge is 0.310 e. The molecule has 5 aliphatic rings. The molecule has 0 aliphatic heterocycles. The van der Waals surface area contributed by atoms with Gasteiger partial charge in [-0.3, -0.25) is 4.79 Å². The van der Waals surface area contributed by atoms with Crippen LogP contribution >= 0.6 is 11.6 Å². The van der Waals surface area contributed by atoms with E-state index in [0.717, 1.165) is 49.9 Å². The molecule has 0 aromatic carbocycles. The lowest BCUT2D eigenvalue weighted by molar-refractivity contribution is -0.185. The minimum atomic E-state index is -0.560. The lowest BCUT2D eigenvalue weighted by Gasteiger charge is -2.68. The Morgan fingerprint density at radius 2 is 1.70 bits per heavy atom. The molecule has 1 spiro atoms. The first-order valence-electron chi connectivity index (χ1n) is 19.5. The lowest BCUT2D eigenvalue weighted by Crippen LogP contribution is -2.61. The molecule has 252 valence electrons. The summed E-state index contributed by atoms with van der Waals surface area (Å²) in [5.74, 6) is 4.25. The normalized spacial score (nSPS) is 45.6. The van der Waals surface area contributed by atoms with E-state index in [2.05, 4.69) is 55.4 Å². The van der Waals surface area contributed by atoms with Crippen molar-refractivity contribution in [3.05, 3.63) is 11.1 Å². The number of carbonyl (C=O) groups is 1. The van der Waals surface area contributed by atoms with Crippen molar-refractivity contribution in [1.82, 2.24) is 0 Å². The first-order valence-corrected chi connectivity index (χ1v) is 20.0. The van der Waals surface area contributed by atoms with Crippen LogP contribution in [0.5, 0.6) is 0 Å². The topological polar surface area (TPSA) is 37.3 Å². The van der Waals surface area contributed by atoms with E-state index >= 15 is 0 Å². The lowest BCUT2D eigenvalue weighted by atomic mass is 9.36. The second-order valence-electron chi connectivity index (χ2n) is 17.5. The minimum absolute atomic E-state index is 0.0933. The maximum atomic E-state index is 13.4. The number of carboxylic acids is 1. The highest BCUT2D eigenvalue weighted by Gasteiger charge is 2.76. The fraction of sp³-hybridized carbons (Fsp3) is 0.927. The van der Waals surface area contributed by atoms with Crippen molar-refractivity contribution in [1.29, 1.82) is 0 Å². The van der Waals surface area contributed by atoms with E-state index in [1.807, 2.05) is 0 Å². The summed E-state index contributed by atoms with van der Waals surface area (Å²) in [5.41, 5.74) is 3.56. The summed E-state index contributed by atoms with van der Waals surface area (Å²) in [5, 5.41) is 11.0. The maximum Gasteiger partial charge on any atom is 0.310 e. The molecule has 4 bridgehead atoms. The van der Waals surface area contributed by atoms with Gasteiger partial charge in [0.1, 0.15) is 0 Å². The van der Waals surface area contributed by atoms with Crippen molar-refractivity contribution in [3.8, 4) is 0 Å². The van der Waals surface area contributed by atoms with Gasteiger partial charge in [-0.05, 0) is 147 Å². The summed E-state index contributed by atoms with van der Waals surface area (Å²) in [6, 6.07) is 0. The highest BCUT2D eigenvalue weighted by molar-refractivity contribution is 6.17. The number of aliphatic carboxylic acids is 1. The SMILES string of the molecule is CCCC(CC)=C1C(CCCl)CC2(CC2(CC)C(=O)O)C2CCC(C)C(C(CC)CCC)(C2)C2(C)CC1(C)CCC2C1CC1. The minimum Gasteiger partial charge on any atom is -0.481 e. The van der Waals surface area contributed by atoms with Crippen LogP contribution in [-0.4, -0.2) is 17.0 Å². The second-order valence-corrected chi connectivity index (χ2v) is 17.9. The zero-order valence-electron chi connectivity index (χ0n) is 30.1. The fourth-order valence-electron chi connectivity index (χ4n) is 14.0. The quantitative estimate of drug-likeness (QED) is 0.172. The summed E-state index contributed by atoms with van der Waals surface area (Å²) in [7, 11) is 0. The number of carboxylic acid groups (broad SMARTS) is 1. The van der Waals surface area contributed by atoms with E-state index in [1.165, 1.54) is 83.5 Å². The summed E-state index contributed by atoms with van der Waals surface area (Å²) in [6.07, 6.45) is 21.8. The predicted octanol–water partition coefficient (Wildman–Crippen LogP) is 12.5. The van der Waals surface area contributed by atoms with Crippen molar-refractivity contribution in [2.24, 2.45) is 62.6 Å². The Labute approximate surface area is 277 Å². The van der Waals surface area contributed by atoms with Gasteiger partial charge in [-0.1, -0.05) is 92.2 Å². The molecule has 3 heteroatoms. The molecule has 0 aromatic rings. The van der Waals surface area contributed by atoms with Gasteiger partial charge in [0, 0.05) is 5.88 Å². The Balaban J connectivity index is 1.83. The molecule has 2 nitrogen and oxygen atoms in total. The van der Waals surface area contributed by atoms with Gasteiger partial charge in [0.15, 0.2) is 0 Å². The van der Waals surface area contributed by atoms with Gasteiger partial charge in [-0.25, -0.2) is 0 Å². The molecule has 1 N–H and O–H groups in total. The maximum absolute atomic E-state index is 13.4. The largest absolute Gasteiger partial charge is 0.481 e. The monoisotopic (exact) mass is 628 g/mol. The molecule has 5 fully saturated rings. The van der Waals surface area contributed by atoms with Crippen molar-refractivity contribution in [2.75, 3.05) is 5.88 Å². The molecule has 0 radical (unpaired) electrons. The van der Waals surface area contributed by atoms with Crippen LogP contribution in [0.25, 0.3) is 0 Å². The number of hydrogen-bond acceptors (Lipinski definition) is 1. The Morgan fingerprint density at radius 1 is 0.977 bits per heavy atom. The van der Waals surface area contributed by atoms with Crippen molar-refractivity contribution < 1.29 is 9.90 Å². The number of hydrogen-bond donors (Lipinski definition) is 1. The molecule has 5 rings (SSSR count). The second kappa shape index (κ2) is 12.8. The Morgan fingerprint density at radius 3 is 2.23 bits per heavy atom. The van der Waals surface area contributed by atoms with Gasteiger partial charge in [0.05, 0.1) is 5.41 Å². The molecular formula is C41H69ClO2. The molecule has 0 heterocycles. The van der Waals surface area contributed by atoms with Gasteiger partial charge in [0.2, 0.25) is 0 Å². The van der Waals surface area contributed by atoms with Gasteiger partial charge in [-0.15, -0.1) is 11.6 Å². The number of halogens is 1. The van der Waals surface area contributed by atoms with Crippen molar-refractivity contribution in [3.63, 3.8) is 0 Å². The summed E-state index contributed by atoms with van der Waals surface area (Å²) in [4.78, 5) is 13.4. The van der Waals surface area contributed by atoms with E-state index in [9.17, 15) is 9.90 Å².